The average molecular weight is 326 g/mol. The highest BCUT2D eigenvalue weighted by atomic mass is 32.2. The van der Waals surface area contributed by atoms with Gasteiger partial charge in [-0.2, -0.15) is 0 Å². The molecule has 0 aromatic heterocycles. The van der Waals surface area contributed by atoms with E-state index in [2.05, 4.69) is 4.72 Å². The zero-order valence-corrected chi connectivity index (χ0v) is 13.2. The van der Waals surface area contributed by atoms with Crippen LogP contribution in [0.1, 0.15) is 28.8 Å². The molecule has 1 aliphatic rings. The Balaban J connectivity index is 2.30. The van der Waals surface area contributed by atoms with Crippen molar-refractivity contribution < 1.29 is 23.1 Å². The Bertz CT molecular complexity index is 710. The third-order valence-electron chi connectivity index (χ3n) is 3.37. The van der Waals surface area contributed by atoms with E-state index in [1.54, 1.807) is 13.0 Å². The van der Waals surface area contributed by atoms with Crippen molar-refractivity contribution in [2.45, 2.75) is 30.7 Å². The summed E-state index contributed by atoms with van der Waals surface area (Å²) in [4.78, 5) is 24.0. The van der Waals surface area contributed by atoms with E-state index in [0.29, 0.717) is 5.56 Å². The van der Waals surface area contributed by atoms with Gasteiger partial charge in [-0.3, -0.25) is 9.59 Å². The number of carboxylic acid groups (broad SMARTS) is 1. The van der Waals surface area contributed by atoms with Gasteiger partial charge >= 0.3 is 5.97 Å². The number of likely N-dealkylation sites (N-methyl/N-ethyl adjacent to an activating group) is 1. The lowest BCUT2D eigenvalue weighted by molar-refractivity contribution is -0.137. The van der Waals surface area contributed by atoms with Gasteiger partial charge in [-0.1, -0.05) is 6.07 Å². The minimum Gasteiger partial charge on any atom is -0.480 e. The van der Waals surface area contributed by atoms with Crippen LogP contribution in [-0.2, 0) is 14.8 Å². The highest BCUT2D eigenvalue weighted by Gasteiger charge is 2.28. The number of aliphatic carboxylic acids is 1. The second-order valence-electron chi connectivity index (χ2n) is 5.43. The first-order valence-electron chi connectivity index (χ1n) is 6.81. The van der Waals surface area contributed by atoms with Gasteiger partial charge in [0, 0.05) is 18.7 Å². The first-order valence-corrected chi connectivity index (χ1v) is 8.29. The quantitative estimate of drug-likeness (QED) is 0.796. The van der Waals surface area contributed by atoms with E-state index >= 15 is 0 Å². The van der Waals surface area contributed by atoms with Crippen LogP contribution in [0.15, 0.2) is 23.1 Å². The Labute approximate surface area is 129 Å². The molecule has 2 rings (SSSR count). The number of amides is 1. The van der Waals surface area contributed by atoms with Crippen LogP contribution >= 0.6 is 0 Å². The smallest absolute Gasteiger partial charge is 0.323 e. The maximum absolute atomic E-state index is 12.3. The highest BCUT2D eigenvalue weighted by Crippen LogP contribution is 2.23. The Morgan fingerprint density at radius 3 is 2.55 bits per heavy atom. The summed E-state index contributed by atoms with van der Waals surface area (Å²) >= 11 is 0. The monoisotopic (exact) mass is 326 g/mol. The van der Waals surface area contributed by atoms with Gasteiger partial charge in [-0.15, -0.1) is 0 Å². The van der Waals surface area contributed by atoms with Crippen molar-refractivity contribution in [1.82, 2.24) is 9.62 Å². The fourth-order valence-corrected chi connectivity index (χ4v) is 3.30. The standard InChI is InChI=1S/C14H18N2O5S/c1-9-3-6-11(22(20,21)15-10-4-5-10)7-12(9)14(19)16(2)8-13(17)18/h3,6-7,10,15H,4-5,8H2,1-2H3,(H,17,18). The summed E-state index contributed by atoms with van der Waals surface area (Å²) in [6, 6.07) is 4.25. The molecular formula is C14H18N2O5S. The predicted molar refractivity (Wildman–Crippen MR) is 79.1 cm³/mol. The molecule has 1 aromatic rings. The summed E-state index contributed by atoms with van der Waals surface area (Å²) in [5.74, 6) is -1.66. The van der Waals surface area contributed by atoms with Gasteiger partial charge in [0.15, 0.2) is 0 Å². The van der Waals surface area contributed by atoms with Gasteiger partial charge in [-0.05, 0) is 37.5 Å². The molecule has 0 atom stereocenters. The summed E-state index contributed by atoms with van der Waals surface area (Å²) in [7, 11) is -2.30. The van der Waals surface area contributed by atoms with Gasteiger partial charge in [0.05, 0.1) is 4.90 Å². The minimum atomic E-state index is -3.66. The Morgan fingerprint density at radius 1 is 1.36 bits per heavy atom. The Morgan fingerprint density at radius 2 is 2.00 bits per heavy atom. The summed E-state index contributed by atoms with van der Waals surface area (Å²) in [5.41, 5.74) is 0.773. The maximum Gasteiger partial charge on any atom is 0.323 e. The number of aryl methyl sites for hydroxylation is 1. The van der Waals surface area contributed by atoms with E-state index in [4.69, 9.17) is 5.11 Å². The summed E-state index contributed by atoms with van der Waals surface area (Å²) in [6.45, 7) is 1.22. The number of carbonyl (C=O) groups is 2. The molecule has 0 radical (unpaired) electrons. The van der Waals surface area contributed by atoms with Crippen molar-refractivity contribution in [2.75, 3.05) is 13.6 Å². The number of rotatable bonds is 6. The molecule has 0 unspecified atom stereocenters. The summed E-state index contributed by atoms with van der Waals surface area (Å²) in [6.07, 6.45) is 1.64. The lowest BCUT2D eigenvalue weighted by Crippen LogP contribution is -2.32. The molecule has 0 heterocycles. The van der Waals surface area contributed by atoms with Gasteiger partial charge in [0.25, 0.3) is 5.91 Å². The van der Waals surface area contributed by atoms with E-state index < -0.39 is 28.4 Å². The number of benzene rings is 1. The molecule has 1 aliphatic carbocycles. The third-order valence-corrected chi connectivity index (χ3v) is 4.89. The second kappa shape index (κ2) is 6.05. The summed E-state index contributed by atoms with van der Waals surface area (Å²) in [5, 5.41) is 8.74. The molecule has 2 N–H and O–H groups in total. The van der Waals surface area contributed by atoms with Crippen LogP contribution in [0.4, 0.5) is 0 Å². The number of hydrogen-bond acceptors (Lipinski definition) is 4. The van der Waals surface area contributed by atoms with E-state index in [9.17, 15) is 18.0 Å². The van der Waals surface area contributed by atoms with E-state index in [-0.39, 0.29) is 16.5 Å². The zero-order chi connectivity index (χ0) is 16.5. The van der Waals surface area contributed by atoms with Gasteiger partial charge in [0.2, 0.25) is 10.0 Å². The molecule has 0 aliphatic heterocycles. The zero-order valence-electron chi connectivity index (χ0n) is 12.4. The van der Waals surface area contributed by atoms with Crippen LogP contribution < -0.4 is 4.72 Å². The number of nitrogens with one attached hydrogen (secondary N) is 1. The lowest BCUT2D eigenvalue weighted by Gasteiger charge is -2.17. The molecule has 7 nitrogen and oxygen atoms in total. The first-order chi connectivity index (χ1) is 10.2. The SMILES string of the molecule is Cc1ccc(S(=O)(=O)NC2CC2)cc1C(=O)N(C)CC(=O)O. The van der Waals surface area contributed by atoms with Crippen molar-refractivity contribution in [1.29, 1.82) is 0 Å². The largest absolute Gasteiger partial charge is 0.480 e. The molecule has 0 spiro atoms. The Hall–Kier alpha value is -1.93. The first kappa shape index (κ1) is 16.4. The molecular weight excluding hydrogens is 308 g/mol. The predicted octanol–water partition coefficient (Wildman–Crippen LogP) is 0.592. The number of nitrogens with zero attached hydrogens (tertiary/aromatic N) is 1. The van der Waals surface area contributed by atoms with Crippen LogP contribution in [0.2, 0.25) is 0 Å². The van der Waals surface area contributed by atoms with E-state index in [1.165, 1.54) is 19.2 Å². The Kier molecular flexibility index (Phi) is 4.52. The molecule has 120 valence electrons. The molecule has 22 heavy (non-hydrogen) atoms. The lowest BCUT2D eigenvalue weighted by atomic mass is 10.1. The molecule has 0 saturated heterocycles. The topological polar surface area (TPSA) is 104 Å². The number of carbonyl (C=O) groups excluding carboxylic acids is 1. The molecule has 1 saturated carbocycles. The fourth-order valence-electron chi connectivity index (χ4n) is 1.97. The van der Waals surface area contributed by atoms with Gasteiger partial charge in [-0.25, -0.2) is 13.1 Å². The maximum atomic E-state index is 12.3. The van der Waals surface area contributed by atoms with Crippen molar-refractivity contribution in [3.8, 4) is 0 Å². The summed E-state index contributed by atoms with van der Waals surface area (Å²) < 4.78 is 26.9. The molecule has 1 aromatic carbocycles. The van der Waals surface area contributed by atoms with Gasteiger partial charge in [0.1, 0.15) is 6.54 Å². The van der Waals surface area contributed by atoms with Crippen molar-refractivity contribution in [3.63, 3.8) is 0 Å². The molecule has 8 heteroatoms. The van der Waals surface area contributed by atoms with Crippen LogP contribution in [0.3, 0.4) is 0 Å². The highest BCUT2D eigenvalue weighted by molar-refractivity contribution is 7.89. The third kappa shape index (κ3) is 3.83. The van der Waals surface area contributed by atoms with Crippen molar-refractivity contribution in [2.24, 2.45) is 0 Å². The minimum absolute atomic E-state index is 0.0112. The van der Waals surface area contributed by atoms with Crippen molar-refractivity contribution >= 4 is 21.9 Å². The number of hydrogen-bond donors (Lipinski definition) is 2. The van der Waals surface area contributed by atoms with Crippen LogP contribution in [0.25, 0.3) is 0 Å². The average Bonchev–Trinajstić information content (AvgIpc) is 3.20. The number of carboxylic acids is 1. The van der Waals surface area contributed by atoms with E-state index in [0.717, 1.165) is 17.7 Å². The molecule has 1 amide bonds. The molecule has 1 fully saturated rings. The van der Waals surface area contributed by atoms with Crippen LogP contribution in [0, 0.1) is 6.92 Å². The number of sulfonamides is 1. The molecule has 0 bridgehead atoms. The second-order valence-corrected chi connectivity index (χ2v) is 7.14. The normalized spacial score (nSPS) is 14.6. The fraction of sp³-hybridized carbons (Fsp3) is 0.429. The van der Waals surface area contributed by atoms with Crippen LogP contribution in [0.5, 0.6) is 0 Å². The van der Waals surface area contributed by atoms with Crippen molar-refractivity contribution in [3.05, 3.63) is 29.3 Å². The van der Waals surface area contributed by atoms with Gasteiger partial charge < -0.3 is 10.0 Å². The van der Waals surface area contributed by atoms with Crippen LogP contribution in [-0.4, -0.2) is 49.9 Å². The van der Waals surface area contributed by atoms with E-state index in [1.807, 2.05) is 0 Å².